The zero-order chi connectivity index (χ0) is 16.7. The fourth-order valence-corrected chi connectivity index (χ4v) is 1.84. The molecule has 0 aliphatic heterocycles. The van der Waals surface area contributed by atoms with Crippen LogP contribution >= 0.6 is 0 Å². The third kappa shape index (κ3) is 4.96. The van der Waals surface area contributed by atoms with Gasteiger partial charge in [0.1, 0.15) is 5.75 Å². The van der Waals surface area contributed by atoms with Gasteiger partial charge in [0.15, 0.2) is 0 Å². The van der Waals surface area contributed by atoms with Crippen LogP contribution in [0.3, 0.4) is 0 Å². The van der Waals surface area contributed by atoms with Gasteiger partial charge in [-0.15, -0.1) is 0 Å². The van der Waals surface area contributed by atoms with Gasteiger partial charge in [0.25, 0.3) is 0 Å². The summed E-state index contributed by atoms with van der Waals surface area (Å²) in [7, 11) is 1.32. The van der Waals surface area contributed by atoms with Crippen molar-refractivity contribution >= 4 is 18.1 Å². The number of carbonyl (C=O) groups excluding carboxylic acids is 2. The molecular formula is C17H16N2O4. The van der Waals surface area contributed by atoms with Gasteiger partial charge in [0.05, 0.1) is 25.3 Å². The quantitative estimate of drug-likeness (QED) is 0.501. The lowest BCUT2D eigenvalue weighted by molar-refractivity contribution is -0.120. The molecule has 2 aromatic carbocycles. The number of hydrogen-bond donors (Lipinski definition) is 2. The Kier molecular flexibility index (Phi) is 5.46. The van der Waals surface area contributed by atoms with Crippen molar-refractivity contribution in [1.29, 1.82) is 0 Å². The maximum Gasteiger partial charge on any atom is 0.337 e. The lowest BCUT2D eigenvalue weighted by Crippen LogP contribution is -2.19. The number of nitrogens with one attached hydrogen (secondary N) is 1. The Morgan fingerprint density at radius 3 is 2.39 bits per heavy atom. The number of hydrazone groups is 1. The molecule has 0 saturated carbocycles. The summed E-state index contributed by atoms with van der Waals surface area (Å²) in [6.07, 6.45) is 1.65. The first-order valence-electron chi connectivity index (χ1n) is 6.86. The summed E-state index contributed by atoms with van der Waals surface area (Å²) >= 11 is 0. The fraction of sp³-hybridized carbons (Fsp3) is 0.118. The number of phenolic OH excluding ortho intramolecular Hbond substituents is 1. The van der Waals surface area contributed by atoms with Gasteiger partial charge in [-0.25, -0.2) is 10.2 Å². The molecule has 2 N–H and O–H groups in total. The summed E-state index contributed by atoms with van der Waals surface area (Å²) in [4.78, 5) is 23.0. The zero-order valence-electron chi connectivity index (χ0n) is 12.5. The number of amides is 1. The standard InChI is InChI=1S/C17H16N2O4/c1-23-17(22)14-6-2-13(3-7-14)11-18-19-16(21)10-12-4-8-15(20)9-5-12/h2-9,11,20H,10H2,1H3,(H,19,21)/b18-11-. The van der Waals surface area contributed by atoms with E-state index in [0.29, 0.717) is 5.56 Å². The van der Waals surface area contributed by atoms with Crippen LogP contribution in [0.5, 0.6) is 5.75 Å². The van der Waals surface area contributed by atoms with Crippen LogP contribution in [-0.4, -0.2) is 30.3 Å². The van der Waals surface area contributed by atoms with Gasteiger partial charge in [0.2, 0.25) is 5.91 Å². The highest BCUT2D eigenvalue weighted by atomic mass is 16.5. The Morgan fingerprint density at radius 1 is 1.13 bits per heavy atom. The van der Waals surface area contributed by atoms with E-state index in [1.165, 1.54) is 25.5 Å². The van der Waals surface area contributed by atoms with E-state index in [4.69, 9.17) is 0 Å². The van der Waals surface area contributed by atoms with E-state index in [0.717, 1.165) is 11.1 Å². The molecule has 0 fully saturated rings. The SMILES string of the molecule is COC(=O)c1ccc(/C=N\NC(=O)Cc2ccc(O)cc2)cc1. The number of hydrogen-bond acceptors (Lipinski definition) is 5. The van der Waals surface area contributed by atoms with Crippen molar-refractivity contribution in [3.63, 3.8) is 0 Å². The van der Waals surface area contributed by atoms with Crippen LogP contribution in [0.4, 0.5) is 0 Å². The second kappa shape index (κ2) is 7.74. The third-order valence-corrected chi connectivity index (χ3v) is 3.04. The zero-order valence-corrected chi connectivity index (χ0v) is 12.5. The second-order valence-corrected chi connectivity index (χ2v) is 4.75. The minimum Gasteiger partial charge on any atom is -0.508 e. The van der Waals surface area contributed by atoms with Crippen molar-refractivity contribution in [2.75, 3.05) is 7.11 Å². The predicted molar refractivity (Wildman–Crippen MR) is 85.3 cm³/mol. The Labute approximate surface area is 133 Å². The number of carbonyl (C=O) groups is 2. The monoisotopic (exact) mass is 312 g/mol. The minimum absolute atomic E-state index is 0.155. The van der Waals surface area contributed by atoms with Crippen LogP contribution in [0.1, 0.15) is 21.5 Å². The number of nitrogens with zero attached hydrogens (tertiary/aromatic N) is 1. The normalized spacial score (nSPS) is 10.5. The Balaban J connectivity index is 1.87. The maximum atomic E-state index is 11.7. The fourth-order valence-electron chi connectivity index (χ4n) is 1.84. The van der Waals surface area contributed by atoms with Gasteiger partial charge < -0.3 is 9.84 Å². The number of methoxy groups -OCH3 is 1. The van der Waals surface area contributed by atoms with E-state index < -0.39 is 5.97 Å². The summed E-state index contributed by atoms with van der Waals surface area (Å²) in [5.74, 6) is -0.517. The maximum absolute atomic E-state index is 11.7. The molecule has 6 heteroatoms. The molecule has 0 bridgehead atoms. The topological polar surface area (TPSA) is 88.0 Å². The van der Waals surface area contributed by atoms with Crippen molar-refractivity contribution in [3.8, 4) is 5.75 Å². The number of phenols is 1. The first kappa shape index (κ1) is 16.2. The molecule has 0 heterocycles. The summed E-state index contributed by atoms with van der Waals surface area (Å²) in [6, 6.07) is 13.0. The highest BCUT2D eigenvalue weighted by molar-refractivity contribution is 5.90. The van der Waals surface area contributed by atoms with E-state index in [-0.39, 0.29) is 18.1 Å². The number of aromatic hydroxyl groups is 1. The van der Waals surface area contributed by atoms with E-state index in [1.807, 2.05) is 0 Å². The van der Waals surface area contributed by atoms with E-state index in [9.17, 15) is 14.7 Å². The highest BCUT2D eigenvalue weighted by Gasteiger charge is 2.04. The molecule has 0 spiro atoms. The molecule has 118 valence electrons. The first-order valence-corrected chi connectivity index (χ1v) is 6.86. The molecule has 1 amide bonds. The van der Waals surface area contributed by atoms with Crippen LogP contribution in [-0.2, 0) is 16.0 Å². The number of benzene rings is 2. The van der Waals surface area contributed by atoms with Gasteiger partial charge in [-0.05, 0) is 35.4 Å². The van der Waals surface area contributed by atoms with Crippen molar-refractivity contribution in [1.82, 2.24) is 5.43 Å². The Morgan fingerprint density at radius 2 is 1.78 bits per heavy atom. The van der Waals surface area contributed by atoms with Gasteiger partial charge in [-0.3, -0.25) is 4.79 Å². The molecular weight excluding hydrogens is 296 g/mol. The smallest absolute Gasteiger partial charge is 0.337 e. The molecule has 0 unspecified atom stereocenters. The van der Waals surface area contributed by atoms with Crippen LogP contribution in [0.2, 0.25) is 0 Å². The predicted octanol–water partition coefficient (Wildman–Crippen LogP) is 1.87. The molecule has 2 rings (SSSR count). The molecule has 0 aliphatic carbocycles. The largest absolute Gasteiger partial charge is 0.508 e. The van der Waals surface area contributed by atoms with Gasteiger partial charge >= 0.3 is 5.97 Å². The average molecular weight is 312 g/mol. The summed E-state index contributed by atoms with van der Waals surface area (Å²) in [6.45, 7) is 0. The molecule has 0 aromatic heterocycles. The number of rotatable bonds is 5. The molecule has 0 saturated heterocycles. The lowest BCUT2D eigenvalue weighted by atomic mass is 10.1. The molecule has 6 nitrogen and oxygen atoms in total. The molecule has 0 radical (unpaired) electrons. The van der Waals surface area contributed by atoms with E-state index >= 15 is 0 Å². The number of ether oxygens (including phenoxy) is 1. The lowest BCUT2D eigenvalue weighted by Gasteiger charge is -2.01. The first-order chi connectivity index (χ1) is 11.1. The summed E-state index contributed by atoms with van der Waals surface area (Å²) in [5.41, 5.74) is 4.38. The van der Waals surface area contributed by atoms with Crippen LogP contribution in [0, 0.1) is 0 Å². The molecule has 0 aliphatic rings. The Hall–Kier alpha value is -3.15. The van der Waals surface area contributed by atoms with Crippen molar-refractivity contribution in [2.45, 2.75) is 6.42 Å². The minimum atomic E-state index is -0.407. The van der Waals surface area contributed by atoms with Gasteiger partial charge in [-0.1, -0.05) is 24.3 Å². The molecule has 23 heavy (non-hydrogen) atoms. The van der Waals surface area contributed by atoms with Gasteiger partial charge in [-0.2, -0.15) is 5.10 Å². The third-order valence-electron chi connectivity index (χ3n) is 3.04. The second-order valence-electron chi connectivity index (χ2n) is 4.75. The summed E-state index contributed by atoms with van der Waals surface area (Å²) < 4.78 is 4.61. The van der Waals surface area contributed by atoms with Gasteiger partial charge in [0, 0.05) is 0 Å². The summed E-state index contributed by atoms with van der Waals surface area (Å²) in [5, 5.41) is 13.0. The molecule has 0 atom stereocenters. The van der Waals surface area contributed by atoms with Crippen molar-refractivity contribution in [2.24, 2.45) is 5.10 Å². The van der Waals surface area contributed by atoms with Crippen LogP contribution < -0.4 is 5.43 Å². The van der Waals surface area contributed by atoms with E-state index in [2.05, 4.69) is 15.3 Å². The highest BCUT2D eigenvalue weighted by Crippen LogP contribution is 2.09. The van der Waals surface area contributed by atoms with Crippen molar-refractivity contribution in [3.05, 3.63) is 65.2 Å². The van der Waals surface area contributed by atoms with Crippen molar-refractivity contribution < 1.29 is 19.4 Å². The molecule has 2 aromatic rings. The van der Waals surface area contributed by atoms with E-state index in [1.54, 1.807) is 36.4 Å². The van der Waals surface area contributed by atoms with Crippen LogP contribution in [0.25, 0.3) is 0 Å². The van der Waals surface area contributed by atoms with Crippen LogP contribution in [0.15, 0.2) is 53.6 Å². The average Bonchev–Trinajstić information content (AvgIpc) is 2.57. The number of esters is 1. The Bertz CT molecular complexity index is 706.